The summed E-state index contributed by atoms with van der Waals surface area (Å²) >= 11 is 0. The fourth-order valence-electron chi connectivity index (χ4n) is 4.95. The predicted molar refractivity (Wildman–Crippen MR) is 162 cm³/mol. The first-order chi connectivity index (χ1) is 23.0. The molecule has 0 bridgehead atoms. The number of aromatic nitrogens is 3. The van der Waals surface area contributed by atoms with Crippen LogP contribution in [0.5, 0.6) is 5.75 Å². The second-order valence-corrected chi connectivity index (χ2v) is 15.6. The second kappa shape index (κ2) is 15.2. The molecule has 50 heavy (non-hydrogen) atoms. The van der Waals surface area contributed by atoms with Gasteiger partial charge in [-0.15, -0.1) is 0 Å². The van der Waals surface area contributed by atoms with Gasteiger partial charge in [0.1, 0.15) is 18.1 Å². The lowest BCUT2D eigenvalue weighted by atomic mass is 9.96. The van der Waals surface area contributed by atoms with E-state index in [9.17, 15) is 53.5 Å². The van der Waals surface area contributed by atoms with Gasteiger partial charge in [0.05, 0.1) is 43.1 Å². The SMILES string of the molecule is Cc1ncc(COP(=O)(O)O)c(C=[NH+][C@]2(O)C[C@@H](C)O[C@H](OP(=O)(O)OP(=O)(O)OC[C@H]3O[C@@H](n4cc(C)c(=O)[nH]c4=O)C[C@@H]3O)[C@@H]2O)c1O. The Morgan fingerprint density at radius 3 is 2.46 bits per heavy atom. The molecule has 0 saturated carbocycles. The summed E-state index contributed by atoms with van der Waals surface area (Å²) in [5.41, 5.74) is -3.94. The van der Waals surface area contributed by atoms with Crippen LogP contribution in [0.1, 0.15) is 48.4 Å². The van der Waals surface area contributed by atoms with Crippen LogP contribution in [0.3, 0.4) is 0 Å². The molecule has 23 nitrogen and oxygen atoms in total. The van der Waals surface area contributed by atoms with Gasteiger partial charge in [0.15, 0.2) is 12.3 Å². The van der Waals surface area contributed by atoms with Gasteiger partial charge in [-0.05, 0) is 20.8 Å². The van der Waals surface area contributed by atoms with Crippen molar-refractivity contribution in [2.24, 2.45) is 0 Å². The summed E-state index contributed by atoms with van der Waals surface area (Å²) < 4.78 is 66.5. The molecular formula is C24H36N4O19P3+. The minimum absolute atomic E-state index is 0.0617. The van der Waals surface area contributed by atoms with Crippen molar-refractivity contribution in [3.05, 3.63) is 55.6 Å². The Balaban J connectivity index is 1.42. The molecule has 0 aliphatic carbocycles. The van der Waals surface area contributed by atoms with Crippen LogP contribution in [0.4, 0.5) is 0 Å². The lowest BCUT2D eigenvalue weighted by molar-refractivity contribution is -0.640. The van der Waals surface area contributed by atoms with Gasteiger partial charge in [-0.25, -0.2) is 23.5 Å². The Morgan fingerprint density at radius 1 is 1.12 bits per heavy atom. The lowest BCUT2D eigenvalue weighted by Gasteiger charge is -2.38. The van der Waals surface area contributed by atoms with Gasteiger partial charge < -0.3 is 49.5 Å². The lowest BCUT2D eigenvalue weighted by Crippen LogP contribution is -2.92. The van der Waals surface area contributed by atoms with Gasteiger partial charge in [0.2, 0.25) is 6.29 Å². The minimum atomic E-state index is -5.67. The van der Waals surface area contributed by atoms with Crippen LogP contribution >= 0.6 is 23.5 Å². The fraction of sp³-hybridized carbons (Fsp3) is 0.583. The normalized spacial score (nSPS) is 30.0. The van der Waals surface area contributed by atoms with E-state index in [1.807, 2.05) is 0 Å². The first kappa shape index (κ1) is 40.2. The third kappa shape index (κ3) is 10.1. The van der Waals surface area contributed by atoms with Crippen LogP contribution in [0.15, 0.2) is 22.0 Å². The van der Waals surface area contributed by atoms with E-state index >= 15 is 0 Å². The van der Waals surface area contributed by atoms with Crippen LogP contribution in [0.2, 0.25) is 0 Å². The van der Waals surface area contributed by atoms with Gasteiger partial charge >= 0.3 is 29.2 Å². The largest absolute Gasteiger partial charge is 0.505 e. The van der Waals surface area contributed by atoms with Crippen molar-refractivity contribution >= 4 is 29.7 Å². The van der Waals surface area contributed by atoms with Gasteiger partial charge in [-0.2, -0.15) is 4.31 Å². The summed E-state index contributed by atoms with van der Waals surface area (Å²) in [7, 11) is -16.1. The smallest absolute Gasteiger partial charge is 0.483 e. The van der Waals surface area contributed by atoms with Crippen molar-refractivity contribution in [2.45, 2.75) is 82.9 Å². The number of aromatic amines is 1. The van der Waals surface area contributed by atoms with Gasteiger partial charge in [-0.1, -0.05) is 0 Å². The monoisotopic (exact) mass is 777 g/mol. The number of ether oxygens (including phenoxy) is 2. The molecule has 0 amide bonds. The number of phosphoric acid groups is 3. The van der Waals surface area contributed by atoms with Crippen molar-refractivity contribution in [1.82, 2.24) is 14.5 Å². The number of nitrogens with one attached hydrogen (secondary N) is 2. The number of aryl methyl sites for hydroxylation is 2. The van der Waals surface area contributed by atoms with Crippen LogP contribution in [-0.4, -0.2) is 104 Å². The zero-order chi connectivity index (χ0) is 37.4. The topological polar surface area (TPSA) is 350 Å². The van der Waals surface area contributed by atoms with E-state index in [4.69, 9.17) is 28.3 Å². The maximum Gasteiger partial charge on any atom is 0.483 e. The molecule has 0 radical (unpaired) electrons. The molecule has 4 rings (SSSR count). The van der Waals surface area contributed by atoms with Crippen LogP contribution < -0.4 is 16.2 Å². The van der Waals surface area contributed by atoms with Crippen molar-refractivity contribution < 1.29 is 86.0 Å². The molecule has 2 fully saturated rings. The third-order valence-electron chi connectivity index (χ3n) is 7.43. The molecule has 0 aromatic carbocycles. The van der Waals surface area contributed by atoms with E-state index in [1.165, 1.54) is 27.0 Å². The number of hydrogen-bond acceptors (Lipinski definition) is 16. The number of phosphoric ester groups is 3. The highest BCUT2D eigenvalue weighted by molar-refractivity contribution is 7.61. The number of pyridine rings is 1. The molecule has 0 spiro atoms. The molecule has 2 aromatic heterocycles. The van der Waals surface area contributed by atoms with Gasteiger partial charge in [0, 0.05) is 29.9 Å². The summed E-state index contributed by atoms with van der Waals surface area (Å²) in [6.07, 6.45) is -6.67. The number of nitrogens with zero attached hydrogens (tertiary/aromatic N) is 2. The van der Waals surface area contributed by atoms with E-state index < -0.39 is 103 Å². The van der Waals surface area contributed by atoms with E-state index in [1.54, 1.807) is 0 Å². The number of H-pyrrole nitrogens is 1. The van der Waals surface area contributed by atoms with Crippen LogP contribution in [0.25, 0.3) is 0 Å². The third-order valence-corrected chi connectivity index (χ3v) is 10.5. The van der Waals surface area contributed by atoms with Gasteiger partial charge in [0.25, 0.3) is 11.3 Å². The van der Waals surface area contributed by atoms with Crippen LogP contribution in [-0.2, 0) is 47.7 Å². The standard InChI is InChI=1S/C24H35N4O19P3/c1-11-8-28(23(33)27-21(11)32)18-4-16(29)17(45-18)10-43-49(38,39)47-50(40,41)46-22-20(31)24(34,5-12(2)44-22)26-7-15-14(9-42-48(35,36)37)6-25-13(3)19(15)30/h6-8,12,16-18,20,22,29-31,34H,4-5,9-10H2,1-3H3,(H,38,39)(H,40,41)(H,27,32,33)(H2,35,36,37)/p+1/t12-,16+,17-,18-,20+,22-,24+/m1/s1. The zero-order valence-electron chi connectivity index (χ0n) is 26.3. The fourth-order valence-corrected chi connectivity index (χ4v) is 7.41. The Bertz CT molecular complexity index is 1860. The summed E-state index contributed by atoms with van der Waals surface area (Å²) in [5.74, 6) is -0.492. The minimum Gasteiger partial charge on any atom is -0.505 e. The molecule has 2 unspecified atom stereocenters. The molecular weight excluding hydrogens is 741 g/mol. The van der Waals surface area contributed by atoms with Crippen molar-refractivity contribution in [3.8, 4) is 5.75 Å². The van der Waals surface area contributed by atoms with E-state index in [0.29, 0.717) is 0 Å². The first-order valence-electron chi connectivity index (χ1n) is 14.4. The van der Waals surface area contributed by atoms with E-state index in [0.717, 1.165) is 17.0 Å². The molecule has 26 heteroatoms. The molecule has 280 valence electrons. The number of rotatable bonds is 13. The van der Waals surface area contributed by atoms with E-state index in [-0.39, 0.29) is 28.8 Å². The highest BCUT2D eigenvalue weighted by atomic mass is 31.3. The highest BCUT2D eigenvalue weighted by Gasteiger charge is 2.55. The average Bonchev–Trinajstić information content (AvgIpc) is 3.35. The number of hydrogen-bond donors (Lipinski definition) is 10. The summed E-state index contributed by atoms with van der Waals surface area (Å²) in [6, 6.07) is 0. The Kier molecular flexibility index (Phi) is 12.2. The molecule has 2 aliphatic heterocycles. The van der Waals surface area contributed by atoms with E-state index in [2.05, 4.69) is 23.8 Å². The quantitative estimate of drug-likeness (QED) is 0.0556. The van der Waals surface area contributed by atoms with Crippen molar-refractivity contribution in [2.75, 3.05) is 6.61 Å². The van der Waals surface area contributed by atoms with Crippen molar-refractivity contribution in [3.63, 3.8) is 0 Å². The molecule has 10 N–H and O–H groups in total. The first-order valence-corrected chi connectivity index (χ1v) is 18.9. The number of aliphatic hydroxyl groups is 3. The maximum atomic E-state index is 12.7. The summed E-state index contributed by atoms with van der Waals surface area (Å²) in [6.45, 7) is 2.53. The average molecular weight is 777 g/mol. The second-order valence-electron chi connectivity index (χ2n) is 11.4. The molecule has 9 atom stereocenters. The molecule has 2 aromatic rings. The summed E-state index contributed by atoms with van der Waals surface area (Å²) in [5, 5.41) is 43.0. The molecule has 2 saturated heterocycles. The van der Waals surface area contributed by atoms with Crippen molar-refractivity contribution in [1.29, 1.82) is 0 Å². The molecule has 4 heterocycles. The maximum absolute atomic E-state index is 12.7. The highest BCUT2D eigenvalue weighted by Crippen LogP contribution is 2.61. The van der Waals surface area contributed by atoms with Gasteiger partial charge in [-0.3, -0.25) is 32.9 Å². The van der Waals surface area contributed by atoms with Crippen LogP contribution in [0, 0.1) is 13.8 Å². The number of aliphatic hydroxyl groups excluding tert-OH is 2. The zero-order valence-corrected chi connectivity index (χ0v) is 29.0. The Labute approximate surface area is 281 Å². The Morgan fingerprint density at radius 2 is 1.80 bits per heavy atom. The summed E-state index contributed by atoms with van der Waals surface area (Å²) in [4.78, 5) is 70.6. The number of aromatic hydroxyl groups is 1. The predicted octanol–water partition coefficient (Wildman–Crippen LogP) is -2.85. The molecule has 2 aliphatic rings. The Hall–Kier alpha value is -2.53.